The van der Waals surface area contributed by atoms with Crippen molar-refractivity contribution in [3.05, 3.63) is 54.4 Å². The van der Waals surface area contributed by atoms with Gasteiger partial charge in [0.15, 0.2) is 0 Å². The van der Waals surface area contributed by atoms with Crippen LogP contribution in [-0.2, 0) is 19.8 Å². The molecule has 3 rings (SSSR count). The van der Waals surface area contributed by atoms with Crippen LogP contribution in [0.2, 0.25) is 0 Å². The van der Waals surface area contributed by atoms with E-state index in [1.807, 2.05) is 30.1 Å². The van der Waals surface area contributed by atoms with Crippen molar-refractivity contribution in [2.45, 2.75) is 26.7 Å². The lowest BCUT2D eigenvalue weighted by Gasteiger charge is -2.02. The molecule has 3 aromatic rings. The number of hydrogen-bond acceptors (Lipinski definition) is 4. The van der Waals surface area contributed by atoms with E-state index in [4.69, 9.17) is 0 Å². The molecular formula is C14H17N7O. The fourth-order valence-electron chi connectivity index (χ4n) is 2.04. The Morgan fingerprint density at radius 1 is 1.23 bits per heavy atom. The molecule has 3 aromatic heterocycles. The van der Waals surface area contributed by atoms with Crippen molar-refractivity contribution in [3.63, 3.8) is 0 Å². The van der Waals surface area contributed by atoms with Gasteiger partial charge in [0.1, 0.15) is 12.4 Å². The van der Waals surface area contributed by atoms with Crippen LogP contribution in [0.25, 0.3) is 0 Å². The van der Waals surface area contributed by atoms with Gasteiger partial charge in [0.25, 0.3) is 5.91 Å². The molecule has 22 heavy (non-hydrogen) atoms. The Hall–Kier alpha value is -2.90. The molecule has 0 atom stereocenters. The Balaban J connectivity index is 1.57. The van der Waals surface area contributed by atoms with E-state index in [0.29, 0.717) is 18.9 Å². The van der Waals surface area contributed by atoms with Crippen molar-refractivity contribution in [2.24, 2.45) is 0 Å². The number of carbonyl (C=O) groups is 1. The van der Waals surface area contributed by atoms with E-state index in [9.17, 15) is 4.79 Å². The van der Waals surface area contributed by atoms with Gasteiger partial charge in [0.05, 0.1) is 6.20 Å². The first-order valence-electron chi connectivity index (χ1n) is 7.05. The molecule has 8 heteroatoms. The molecule has 0 bridgehead atoms. The van der Waals surface area contributed by atoms with E-state index >= 15 is 0 Å². The Kier molecular flexibility index (Phi) is 3.99. The fraction of sp³-hybridized carbons (Fsp3) is 0.286. The van der Waals surface area contributed by atoms with E-state index in [2.05, 4.69) is 20.6 Å². The molecule has 0 saturated heterocycles. The third-order valence-corrected chi connectivity index (χ3v) is 3.19. The van der Waals surface area contributed by atoms with Crippen LogP contribution in [0.4, 0.5) is 0 Å². The third kappa shape index (κ3) is 3.22. The quantitative estimate of drug-likeness (QED) is 0.727. The van der Waals surface area contributed by atoms with Crippen LogP contribution in [0, 0.1) is 0 Å². The van der Waals surface area contributed by atoms with Gasteiger partial charge in [0, 0.05) is 43.4 Å². The predicted molar refractivity (Wildman–Crippen MR) is 78.9 cm³/mol. The highest BCUT2D eigenvalue weighted by atomic mass is 16.1. The van der Waals surface area contributed by atoms with E-state index in [0.717, 1.165) is 12.1 Å². The Labute approximate surface area is 127 Å². The topological polar surface area (TPSA) is 82.6 Å². The number of aromatic nitrogens is 6. The van der Waals surface area contributed by atoms with E-state index in [-0.39, 0.29) is 5.91 Å². The molecule has 1 amide bonds. The van der Waals surface area contributed by atoms with Crippen LogP contribution in [0.5, 0.6) is 0 Å². The van der Waals surface area contributed by atoms with Crippen molar-refractivity contribution in [3.8, 4) is 0 Å². The van der Waals surface area contributed by atoms with Gasteiger partial charge in [-0.05, 0) is 19.1 Å². The summed E-state index contributed by atoms with van der Waals surface area (Å²) in [6, 6.07) is 3.53. The molecule has 0 saturated carbocycles. The summed E-state index contributed by atoms with van der Waals surface area (Å²) in [5.41, 5.74) is 1.35. The van der Waals surface area contributed by atoms with Gasteiger partial charge in [-0.3, -0.25) is 18.8 Å². The average Bonchev–Trinajstić information content (AvgIpc) is 3.27. The summed E-state index contributed by atoms with van der Waals surface area (Å²) >= 11 is 0. The first-order chi connectivity index (χ1) is 10.7. The SMILES string of the molecule is CCn1cc(CNC(=O)c2ccn(Cn3cccn3)n2)cn1. The highest BCUT2D eigenvalue weighted by Crippen LogP contribution is 2.00. The molecule has 3 heterocycles. The molecule has 0 aliphatic carbocycles. The fourth-order valence-corrected chi connectivity index (χ4v) is 2.04. The monoisotopic (exact) mass is 299 g/mol. The van der Waals surface area contributed by atoms with E-state index < -0.39 is 0 Å². The van der Waals surface area contributed by atoms with Crippen LogP contribution in [0.15, 0.2) is 43.1 Å². The number of carbonyl (C=O) groups excluding carboxylic acids is 1. The number of aryl methyl sites for hydroxylation is 1. The zero-order valence-corrected chi connectivity index (χ0v) is 12.3. The summed E-state index contributed by atoms with van der Waals surface area (Å²) in [5.74, 6) is -0.205. The number of hydrogen-bond donors (Lipinski definition) is 1. The normalized spacial score (nSPS) is 10.8. The lowest BCUT2D eigenvalue weighted by molar-refractivity contribution is 0.0945. The van der Waals surface area contributed by atoms with Crippen LogP contribution in [-0.4, -0.2) is 35.2 Å². The van der Waals surface area contributed by atoms with Crippen LogP contribution < -0.4 is 5.32 Å². The predicted octanol–water partition coefficient (Wildman–Crippen LogP) is 0.732. The highest BCUT2D eigenvalue weighted by molar-refractivity contribution is 5.92. The first kappa shape index (κ1) is 14.1. The second kappa shape index (κ2) is 6.25. The standard InChI is InChI=1S/C14H17N7O/c1-2-19-10-12(9-17-19)8-15-14(22)13-4-7-21(18-13)11-20-6-3-5-16-20/h3-7,9-10H,2,8,11H2,1H3,(H,15,22). The van der Waals surface area contributed by atoms with Gasteiger partial charge >= 0.3 is 0 Å². The summed E-state index contributed by atoms with van der Waals surface area (Å²) in [6.07, 6.45) is 8.96. The summed E-state index contributed by atoms with van der Waals surface area (Å²) in [6.45, 7) is 3.74. The average molecular weight is 299 g/mol. The molecule has 0 radical (unpaired) electrons. The summed E-state index contributed by atoms with van der Waals surface area (Å²) in [5, 5.41) is 15.3. The smallest absolute Gasteiger partial charge is 0.272 e. The van der Waals surface area contributed by atoms with Crippen molar-refractivity contribution >= 4 is 5.91 Å². The van der Waals surface area contributed by atoms with Crippen molar-refractivity contribution < 1.29 is 4.79 Å². The second-order valence-electron chi connectivity index (χ2n) is 4.81. The van der Waals surface area contributed by atoms with Gasteiger partial charge < -0.3 is 5.32 Å². The molecule has 0 aliphatic rings. The van der Waals surface area contributed by atoms with Crippen LogP contribution in [0.3, 0.4) is 0 Å². The maximum Gasteiger partial charge on any atom is 0.272 e. The minimum Gasteiger partial charge on any atom is -0.346 e. The molecule has 0 fully saturated rings. The molecule has 114 valence electrons. The maximum atomic E-state index is 12.1. The molecule has 8 nitrogen and oxygen atoms in total. The first-order valence-corrected chi connectivity index (χ1v) is 7.05. The lowest BCUT2D eigenvalue weighted by atomic mass is 10.3. The minimum absolute atomic E-state index is 0.205. The molecule has 0 spiro atoms. The van der Waals surface area contributed by atoms with Gasteiger partial charge in [-0.15, -0.1) is 0 Å². The highest BCUT2D eigenvalue weighted by Gasteiger charge is 2.10. The zero-order valence-electron chi connectivity index (χ0n) is 12.3. The Morgan fingerprint density at radius 2 is 2.14 bits per heavy atom. The molecule has 0 unspecified atom stereocenters. The minimum atomic E-state index is -0.205. The van der Waals surface area contributed by atoms with Crippen molar-refractivity contribution in [1.29, 1.82) is 0 Å². The molecule has 1 N–H and O–H groups in total. The Bertz CT molecular complexity index is 741. The maximum absolute atomic E-state index is 12.1. The second-order valence-corrected chi connectivity index (χ2v) is 4.81. The number of nitrogens with one attached hydrogen (secondary N) is 1. The zero-order chi connectivity index (χ0) is 15.4. The molecule has 0 aromatic carbocycles. The summed E-state index contributed by atoms with van der Waals surface area (Å²) < 4.78 is 5.21. The van der Waals surface area contributed by atoms with Gasteiger partial charge in [-0.2, -0.15) is 15.3 Å². The molecular weight excluding hydrogens is 282 g/mol. The number of amides is 1. The summed E-state index contributed by atoms with van der Waals surface area (Å²) in [7, 11) is 0. The number of nitrogens with zero attached hydrogens (tertiary/aromatic N) is 6. The van der Waals surface area contributed by atoms with E-state index in [1.165, 1.54) is 0 Å². The largest absolute Gasteiger partial charge is 0.346 e. The van der Waals surface area contributed by atoms with Crippen molar-refractivity contribution in [1.82, 2.24) is 34.7 Å². The van der Waals surface area contributed by atoms with Gasteiger partial charge in [-0.25, -0.2) is 0 Å². The van der Waals surface area contributed by atoms with E-state index in [1.54, 1.807) is 34.0 Å². The van der Waals surface area contributed by atoms with Crippen LogP contribution in [0.1, 0.15) is 23.0 Å². The third-order valence-electron chi connectivity index (χ3n) is 3.19. The lowest BCUT2D eigenvalue weighted by Crippen LogP contribution is -2.23. The van der Waals surface area contributed by atoms with Crippen LogP contribution >= 0.6 is 0 Å². The van der Waals surface area contributed by atoms with Gasteiger partial charge in [0.2, 0.25) is 0 Å². The Morgan fingerprint density at radius 3 is 2.86 bits per heavy atom. The molecule has 0 aliphatic heterocycles. The summed E-state index contributed by atoms with van der Waals surface area (Å²) in [4.78, 5) is 12.1. The number of rotatable bonds is 6. The van der Waals surface area contributed by atoms with Crippen molar-refractivity contribution in [2.75, 3.05) is 0 Å². The van der Waals surface area contributed by atoms with Gasteiger partial charge in [-0.1, -0.05) is 0 Å².